The lowest BCUT2D eigenvalue weighted by Gasteiger charge is -2.30. The van der Waals surface area contributed by atoms with Gasteiger partial charge in [-0.2, -0.15) is 0 Å². The number of hydrogen-bond acceptors (Lipinski definition) is 2. The van der Waals surface area contributed by atoms with Crippen molar-refractivity contribution in [2.45, 2.75) is 12.8 Å². The summed E-state index contributed by atoms with van der Waals surface area (Å²) in [5.41, 5.74) is 0. The summed E-state index contributed by atoms with van der Waals surface area (Å²) in [6.45, 7) is 1.51. The Morgan fingerprint density at radius 1 is 1.38 bits per heavy atom. The van der Waals surface area contributed by atoms with Crippen molar-refractivity contribution >= 4 is 11.8 Å². The van der Waals surface area contributed by atoms with E-state index in [0.717, 1.165) is 12.8 Å². The molecule has 1 saturated carbocycles. The summed E-state index contributed by atoms with van der Waals surface area (Å²) in [5.74, 6) is 1.34. The van der Waals surface area contributed by atoms with Crippen LogP contribution >= 0.6 is 0 Å². The van der Waals surface area contributed by atoms with E-state index < -0.39 is 0 Å². The van der Waals surface area contributed by atoms with Crippen LogP contribution in [0.15, 0.2) is 12.2 Å². The summed E-state index contributed by atoms with van der Waals surface area (Å²) in [6.07, 6.45) is 6.53. The molecule has 2 aliphatic carbocycles. The van der Waals surface area contributed by atoms with Gasteiger partial charge in [0.2, 0.25) is 11.8 Å². The molecule has 2 fully saturated rings. The predicted octanol–water partition coefficient (Wildman–Crippen LogP) is 0.157. The van der Waals surface area contributed by atoms with Crippen LogP contribution in [0.25, 0.3) is 0 Å². The van der Waals surface area contributed by atoms with E-state index in [0.29, 0.717) is 24.9 Å². The van der Waals surface area contributed by atoms with Gasteiger partial charge in [0.1, 0.15) is 0 Å². The molecule has 2 bridgehead atoms. The minimum atomic E-state index is -0.0294. The average Bonchev–Trinajstić information content (AvgIpc) is 2.89. The first kappa shape index (κ1) is 9.87. The van der Waals surface area contributed by atoms with E-state index in [9.17, 15) is 9.59 Å². The maximum Gasteiger partial charge on any atom is 0.239 e. The van der Waals surface area contributed by atoms with Crippen LogP contribution in [-0.2, 0) is 9.59 Å². The first-order valence-corrected chi connectivity index (χ1v) is 5.98. The molecule has 1 saturated heterocycles. The second-order valence-corrected chi connectivity index (χ2v) is 5.00. The molecule has 3 aliphatic rings. The van der Waals surface area contributed by atoms with Crippen molar-refractivity contribution in [2.24, 2.45) is 17.8 Å². The Bertz CT molecular complexity index is 364. The molecule has 0 aromatic rings. The Morgan fingerprint density at radius 2 is 2.25 bits per heavy atom. The number of rotatable bonds is 1. The largest absolute Gasteiger partial charge is 0.353 e. The number of hydrogen-bond donors (Lipinski definition) is 1. The Hall–Kier alpha value is -1.32. The number of piperazine rings is 1. The van der Waals surface area contributed by atoms with E-state index in [2.05, 4.69) is 17.5 Å². The smallest absolute Gasteiger partial charge is 0.239 e. The molecule has 16 heavy (non-hydrogen) atoms. The summed E-state index contributed by atoms with van der Waals surface area (Å²) in [5, 5.41) is 2.74. The van der Waals surface area contributed by atoms with E-state index in [1.165, 1.54) is 0 Å². The molecule has 4 heteroatoms. The van der Waals surface area contributed by atoms with Gasteiger partial charge in [0, 0.05) is 19.0 Å². The molecular formula is C12H16N2O2. The zero-order chi connectivity index (χ0) is 11.1. The number of nitrogens with one attached hydrogen (secondary N) is 1. The van der Waals surface area contributed by atoms with Gasteiger partial charge >= 0.3 is 0 Å². The highest BCUT2D eigenvalue weighted by atomic mass is 16.2. The number of allylic oxidation sites excluding steroid dienone is 2. The lowest BCUT2D eigenvalue weighted by molar-refractivity contribution is -0.142. The summed E-state index contributed by atoms with van der Waals surface area (Å²) < 4.78 is 0. The van der Waals surface area contributed by atoms with Crippen LogP contribution in [0.1, 0.15) is 12.8 Å². The van der Waals surface area contributed by atoms with E-state index >= 15 is 0 Å². The monoisotopic (exact) mass is 220 g/mol. The van der Waals surface area contributed by atoms with Crippen LogP contribution in [0.4, 0.5) is 0 Å². The molecule has 1 heterocycles. The second kappa shape index (κ2) is 3.61. The maximum atomic E-state index is 12.2. The van der Waals surface area contributed by atoms with Gasteiger partial charge in [-0.3, -0.25) is 9.59 Å². The summed E-state index contributed by atoms with van der Waals surface area (Å²) in [4.78, 5) is 25.2. The van der Waals surface area contributed by atoms with Gasteiger partial charge in [-0.25, -0.2) is 0 Å². The second-order valence-electron chi connectivity index (χ2n) is 5.00. The molecule has 86 valence electrons. The number of nitrogens with zero attached hydrogens (tertiary/aromatic N) is 1. The zero-order valence-electron chi connectivity index (χ0n) is 9.19. The molecule has 3 atom stereocenters. The Kier molecular flexibility index (Phi) is 2.23. The van der Waals surface area contributed by atoms with Gasteiger partial charge < -0.3 is 10.2 Å². The maximum absolute atomic E-state index is 12.2. The Labute approximate surface area is 94.7 Å². The van der Waals surface area contributed by atoms with Crippen LogP contribution in [0, 0.1) is 17.8 Å². The molecule has 4 nitrogen and oxygen atoms in total. The average molecular weight is 220 g/mol. The number of fused-ring (bicyclic) bond motifs is 2. The lowest BCUT2D eigenvalue weighted by Crippen LogP contribution is -2.52. The van der Waals surface area contributed by atoms with Crippen molar-refractivity contribution in [2.75, 3.05) is 19.6 Å². The van der Waals surface area contributed by atoms with Gasteiger partial charge in [-0.05, 0) is 24.7 Å². The van der Waals surface area contributed by atoms with Crippen molar-refractivity contribution in [3.63, 3.8) is 0 Å². The van der Waals surface area contributed by atoms with E-state index in [1.54, 1.807) is 4.90 Å². The minimum absolute atomic E-state index is 0.0294. The molecule has 3 rings (SSSR count). The van der Waals surface area contributed by atoms with Crippen molar-refractivity contribution in [1.29, 1.82) is 0 Å². The molecule has 2 amide bonds. The molecule has 1 aliphatic heterocycles. The third kappa shape index (κ3) is 1.52. The summed E-state index contributed by atoms with van der Waals surface area (Å²) >= 11 is 0. The third-order valence-corrected chi connectivity index (χ3v) is 3.95. The van der Waals surface area contributed by atoms with Gasteiger partial charge in [-0.15, -0.1) is 0 Å². The number of amides is 2. The SMILES string of the molecule is O=C1CN(C(=O)C2CC3C=CC2C3)CCN1. The Balaban J connectivity index is 1.69. The van der Waals surface area contributed by atoms with Gasteiger partial charge in [-0.1, -0.05) is 12.2 Å². The van der Waals surface area contributed by atoms with Crippen molar-refractivity contribution in [1.82, 2.24) is 10.2 Å². The van der Waals surface area contributed by atoms with Crippen LogP contribution in [0.2, 0.25) is 0 Å². The van der Waals surface area contributed by atoms with Crippen LogP contribution in [-0.4, -0.2) is 36.3 Å². The summed E-state index contributed by atoms with van der Waals surface area (Å²) in [6, 6.07) is 0. The molecular weight excluding hydrogens is 204 g/mol. The molecule has 0 aromatic heterocycles. The fourth-order valence-electron chi connectivity index (χ4n) is 3.13. The fourth-order valence-corrected chi connectivity index (χ4v) is 3.13. The lowest BCUT2D eigenvalue weighted by atomic mass is 9.92. The quantitative estimate of drug-likeness (QED) is 0.640. The van der Waals surface area contributed by atoms with Gasteiger partial charge in [0.05, 0.1) is 6.54 Å². The van der Waals surface area contributed by atoms with Gasteiger partial charge in [0.15, 0.2) is 0 Å². The van der Waals surface area contributed by atoms with Crippen LogP contribution < -0.4 is 5.32 Å². The normalized spacial score (nSPS) is 36.6. The first-order chi connectivity index (χ1) is 7.74. The molecule has 1 N–H and O–H groups in total. The Morgan fingerprint density at radius 3 is 2.88 bits per heavy atom. The predicted molar refractivity (Wildman–Crippen MR) is 58.4 cm³/mol. The first-order valence-electron chi connectivity index (χ1n) is 5.98. The summed E-state index contributed by atoms with van der Waals surface area (Å²) in [7, 11) is 0. The fraction of sp³-hybridized carbons (Fsp3) is 0.667. The molecule has 0 radical (unpaired) electrons. The topological polar surface area (TPSA) is 49.4 Å². The van der Waals surface area contributed by atoms with Crippen molar-refractivity contribution < 1.29 is 9.59 Å². The van der Waals surface area contributed by atoms with E-state index in [1.807, 2.05) is 0 Å². The molecule has 3 unspecified atom stereocenters. The third-order valence-electron chi connectivity index (χ3n) is 3.95. The van der Waals surface area contributed by atoms with E-state index in [4.69, 9.17) is 0 Å². The highest BCUT2D eigenvalue weighted by Crippen LogP contribution is 2.44. The zero-order valence-corrected chi connectivity index (χ0v) is 9.19. The standard InChI is InChI=1S/C12H16N2O2/c15-11-7-14(4-3-13-11)12(16)10-6-8-1-2-9(10)5-8/h1-2,8-10H,3-7H2,(H,13,15). The number of carbonyl (C=O) groups excluding carboxylic acids is 2. The van der Waals surface area contributed by atoms with Crippen molar-refractivity contribution in [3.8, 4) is 0 Å². The van der Waals surface area contributed by atoms with Gasteiger partial charge in [0.25, 0.3) is 0 Å². The highest BCUT2D eigenvalue weighted by molar-refractivity contribution is 5.87. The highest BCUT2D eigenvalue weighted by Gasteiger charge is 2.41. The number of carbonyl (C=O) groups is 2. The van der Waals surface area contributed by atoms with Crippen LogP contribution in [0.5, 0.6) is 0 Å². The van der Waals surface area contributed by atoms with Crippen molar-refractivity contribution in [3.05, 3.63) is 12.2 Å². The molecule has 0 aromatic carbocycles. The van der Waals surface area contributed by atoms with E-state index in [-0.39, 0.29) is 24.3 Å². The van der Waals surface area contributed by atoms with Crippen LogP contribution in [0.3, 0.4) is 0 Å². The minimum Gasteiger partial charge on any atom is -0.353 e. The molecule has 0 spiro atoms.